The van der Waals surface area contributed by atoms with Crippen LogP contribution in [0.15, 0.2) is 78.4 Å². The average Bonchev–Trinajstić information content (AvgIpc) is 3.33. The number of nitrogens with one attached hydrogen (secondary N) is 1. The minimum atomic E-state index is -0.257. The standard InChI is InChI=1S/C26H25FN4O2S/c1-33-23-10-6-20(7-11-23)16-31(15-19-4-8-22(27)9-5-19)17-25-30-24(18-34-25)26(32)29-14-21-3-2-12-28-13-21/h2-13,18H,14-17H2,1H3,(H,29,32). The number of pyridine rings is 1. The van der Waals surface area contributed by atoms with E-state index in [-0.39, 0.29) is 11.7 Å². The fraction of sp³-hybridized carbons (Fsp3) is 0.192. The van der Waals surface area contributed by atoms with Crippen molar-refractivity contribution in [2.24, 2.45) is 0 Å². The number of benzene rings is 2. The first-order valence-electron chi connectivity index (χ1n) is 10.8. The van der Waals surface area contributed by atoms with Gasteiger partial charge in [0.1, 0.15) is 22.3 Å². The zero-order valence-electron chi connectivity index (χ0n) is 18.8. The zero-order chi connectivity index (χ0) is 23.8. The number of carbonyl (C=O) groups is 1. The van der Waals surface area contributed by atoms with E-state index in [4.69, 9.17) is 4.74 Å². The summed E-state index contributed by atoms with van der Waals surface area (Å²) in [4.78, 5) is 23.4. The first kappa shape index (κ1) is 23.5. The van der Waals surface area contributed by atoms with E-state index >= 15 is 0 Å². The fourth-order valence-corrected chi connectivity index (χ4v) is 4.28. The predicted octanol–water partition coefficient (Wildman–Crippen LogP) is 4.82. The topological polar surface area (TPSA) is 67.3 Å². The van der Waals surface area contributed by atoms with E-state index in [0.717, 1.165) is 27.4 Å². The molecule has 0 unspecified atom stereocenters. The second-order valence-electron chi connectivity index (χ2n) is 7.79. The lowest BCUT2D eigenvalue weighted by atomic mass is 10.1. The highest BCUT2D eigenvalue weighted by Crippen LogP contribution is 2.19. The van der Waals surface area contributed by atoms with E-state index < -0.39 is 0 Å². The maximum absolute atomic E-state index is 13.4. The van der Waals surface area contributed by atoms with Gasteiger partial charge in [0.15, 0.2) is 0 Å². The van der Waals surface area contributed by atoms with Crippen molar-refractivity contribution in [3.05, 3.63) is 112 Å². The summed E-state index contributed by atoms with van der Waals surface area (Å²) in [7, 11) is 1.64. The second kappa shape index (κ2) is 11.5. The summed E-state index contributed by atoms with van der Waals surface area (Å²) in [6.45, 7) is 2.25. The molecule has 2 heterocycles. The summed E-state index contributed by atoms with van der Waals surface area (Å²) in [5.41, 5.74) is 3.45. The molecule has 0 aliphatic rings. The molecule has 4 rings (SSSR count). The van der Waals surface area contributed by atoms with Gasteiger partial charge in [0.05, 0.1) is 13.7 Å². The molecule has 1 amide bonds. The van der Waals surface area contributed by atoms with Crippen molar-refractivity contribution < 1.29 is 13.9 Å². The van der Waals surface area contributed by atoms with E-state index in [1.54, 1.807) is 37.0 Å². The number of hydrogen-bond donors (Lipinski definition) is 1. The lowest BCUT2D eigenvalue weighted by Crippen LogP contribution is -2.24. The highest BCUT2D eigenvalue weighted by Gasteiger charge is 2.15. The van der Waals surface area contributed by atoms with Crippen LogP contribution in [0, 0.1) is 5.82 Å². The van der Waals surface area contributed by atoms with E-state index in [9.17, 15) is 9.18 Å². The quantitative estimate of drug-likeness (QED) is 0.356. The van der Waals surface area contributed by atoms with Gasteiger partial charge in [-0.25, -0.2) is 9.37 Å². The summed E-state index contributed by atoms with van der Waals surface area (Å²) in [5.74, 6) is 0.328. The van der Waals surface area contributed by atoms with Crippen LogP contribution in [0.1, 0.15) is 32.2 Å². The Morgan fingerprint density at radius 3 is 2.35 bits per heavy atom. The highest BCUT2D eigenvalue weighted by molar-refractivity contribution is 7.09. The molecule has 2 aromatic heterocycles. The zero-order valence-corrected chi connectivity index (χ0v) is 19.6. The Bertz CT molecular complexity index is 1200. The molecule has 0 saturated carbocycles. The van der Waals surface area contributed by atoms with Gasteiger partial charge in [0, 0.05) is 37.4 Å². The maximum atomic E-state index is 13.4. The van der Waals surface area contributed by atoms with Crippen LogP contribution in [0.5, 0.6) is 5.75 Å². The molecule has 0 bridgehead atoms. The molecule has 0 saturated heterocycles. The minimum absolute atomic E-state index is 0.216. The van der Waals surface area contributed by atoms with Gasteiger partial charge in [-0.2, -0.15) is 0 Å². The van der Waals surface area contributed by atoms with Gasteiger partial charge >= 0.3 is 0 Å². The highest BCUT2D eigenvalue weighted by atomic mass is 32.1. The van der Waals surface area contributed by atoms with Gasteiger partial charge in [-0.15, -0.1) is 11.3 Å². The summed E-state index contributed by atoms with van der Waals surface area (Å²) < 4.78 is 18.6. The largest absolute Gasteiger partial charge is 0.497 e. The molecule has 0 spiro atoms. The van der Waals surface area contributed by atoms with Gasteiger partial charge < -0.3 is 10.1 Å². The van der Waals surface area contributed by atoms with Crippen molar-refractivity contribution in [2.75, 3.05) is 7.11 Å². The smallest absolute Gasteiger partial charge is 0.271 e. The van der Waals surface area contributed by atoms with Crippen molar-refractivity contribution in [1.82, 2.24) is 20.2 Å². The van der Waals surface area contributed by atoms with E-state index in [2.05, 4.69) is 20.2 Å². The molecule has 2 aromatic carbocycles. The summed E-state index contributed by atoms with van der Waals surface area (Å²) in [5, 5.41) is 5.49. The molecule has 4 aromatic rings. The van der Waals surface area contributed by atoms with Gasteiger partial charge in [0.2, 0.25) is 0 Å². The Labute approximate surface area is 202 Å². The molecule has 8 heteroatoms. The first-order chi connectivity index (χ1) is 16.6. The molecule has 0 aliphatic carbocycles. The summed E-state index contributed by atoms with van der Waals surface area (Å²) in [6, 6.07) is 18.2. The molecule has 174 valence electrons. The Balaban J connectivity index is 1.43. The lowest BCUT2D eigenvalue weighted by Gasteiger charge is -2.21. The van der Waals surface area contributed by atoms with Crippen LogP contribution in [-0.4, -0.2) is 27.9 Å². The third kappa shape index (κ3) is 6.69. The second-order valence-corrected chi connectivity index (χ2v) is 8.73. The normalized spacial score (nSPS) is 10.9. The first-order valence-corrected chi connectivity index (χ1v) is 11.7. The third-order valence-electron chi connectivity index (χ3n) is 5.20. The van der Waals surface area contributed by atoms with Gasteiger partial charge in [-0.05, 0) is 47.0 Å². The molecule has 0 aliphatic heterocycles. The van der Waals surface area contributed by atoms with Crippen molar-refractivity contribution >= 4 is 17.2 Å². The third-order valence-corrected chi connectivity index (χ3v) is 6.04. The Morgan fingerprint density at radius 2 is 1.71 bits per heavy atom. The molecule has 6 nitrogen and oxygen atoms in total. The number of carbonyl (C=O) groups excluding carboxylic acids is 1. The number of thiazole rings is 1. The SMILES string of the molecule is COc1ccc(CN(Cc2ccc(F)cc2)Cc2nc(C(=O)NCc3cccnc3)cs2)cc1. The van der Waals surface area contributed by atoms with E-state index in [0.29, 0.717) is 31.9 Å². The molecule has 0 radical (unpaired) electrons. The molecular weight excluding hydrogens is 451 g/mol. The predicted molar refractivity (Wildman–Crippen MR) is 130 cm³/mol. The van der Waals surface area contributed by atoms with Crippen molar-refractivity contribution in [3.8, 4) is 5.75 Å². The van der Waals surface area contributed by atoms with Crippen LogP contribution < -0.4 is 10.1 Å². The number of rotatable bonds is 10. The van der Waals surface area contributed by atoms with Gasteiger partial charge in [-0.1, -0.05) is 30.3 Å². The van der Waals surface area contributed by atoms with Crippen molar-refractivity contribution in [1.29, 1.82) is 0 Å². The van der Waals surface area contributed by atoms with Gasteiger partial charge in [0.25, 0.3) is 5.91 Å². The maximum Gasteiger partial charge on any atom is 0.271 e. The van der Waals surface area contributed by atoms with Crippen LogP contribution in [-0.2, 0) is 26.2 Å². The van der Waals surface area contributed by atoms with Gasteiger partial charge in [-0.3, -0.25) is 14.7 Å². The number of aromatic nitrogens is 2. The van der Waals surface area contributed by atoms with Crippen molar-refractivity contribution in [2.45, 2.75) is 26.2 Å². The summed E-state index contributed by atoms with van der Waals surface area (Å²) >= 11 is 1.45. The number of halogens is 1. The minimum Gasteiger partial charge on any atom is -0.497 e. The Hall–Kier alpha value is -3.62. The van der Waals surface area contributed by atoms with Crippen LogP contribution in [0.3, 0.4) is 0 Å². The number of hydrogen-bond acceptors (Lipinski definition) is 6. The summed E-state index contributed by atoms with van der Waals surface area (Å²) in [6.07, 6.45) is 3.42. The fourth-order valence-electron chi connectivity index (χ4n) is 3.46. The Kier molecular flexibility index (Phi) is 7.95. The molecular formula is C26H25FN4O2S. The Morgan fingerprint density at radius 1 is 1.00 bits per heavy atom. The number of nitrogens with zero attached hydrogens (tertiary/aromatic N) is 3. The molecule has 0 fully saturated rings. The number of amides is 1. The molecule has 1 N–H and O–H groups in total. The van der Waals surface area contributed by atoms with Crippen LogP contribution in [0.4, 0.5) is 4.39 Å². The van der Waals surface area contributed by atoms with E-state index in [1.165, 1.54) is 23.5 Å². The van der Waals surface area contributed by atoms with Crippen LogP contribution in [0.25, 0.3) is 0 Å². The van der Waals surface area contributed by atoms with E-state index in [1.807, 2.05) is 36.4 Å². The average molecular weight is 477 g/mol. The molecule has 34 heavy (non-hydrogen) atoms. The number of methoxy groups -OCH3 is 1. The molecule has 0 atom stereocenters. The van der Waals surface area contributed by atoms with Crippen molar-refractivity contribution in [3.63, 3.8) is 0 Å². The van der Waals surface area contributed by atoms with Crippen LogP contribution in [0.2, 0.25) is 0 Å². The number of ether oxygens (including phenoxy) is 1. The van der Waals surface area contributed by atoms with Crippen LogP contribution >= 0.6 is 11.3 Å². The monoisotopic (exact) mass is 476 g/mol. The lowest BCUT2D eigenvalue weighted by molar-refractivity contribution is 0.0946.